The fourth-order valence-electron chi connectivity index (χ4n) is 3.94. The van der Waals surface area contributed by atoms with Crippen LogP contribution in [0.5, 0.6) is 0 Å². The lowest BCUT2D eigenvalue weighted by atomic mass is 10.1. The highest BCUT2D eigenvalue weighted by atomic mass is 19.4. The van der Waals surface area contributed by atoms with E-state index in [1.807, 2.05) is 0 Å². The number of nitrogens with zero attached hydrogens (tertiary/aromatic N) is 5. The van der Waals surface area contributed by atoms with E-state index in [0.29, 0.717) is 4.90 Å². The summed E-state index contributed by atoms with van der Waals surface area (Å²) in [5.74, 6) is -3.19. The lowest BCUT2D eigenvalue weighted by Gasteiger charge is -2.29. The van der Waals surface area contributed by atoms with Gasteiger partial charge in [-0.25, -0.2) is 13.9 Å². The summed E-state index contributed by atoms with van der Waals surface area (Å²) in [6, 6.07) is 0.448. The fraction of sp³-hybridized carbons (Fsp3) is 0.381. The van der Waals surface area contributed by atoms with E-state index in [1.54, 1.807) is 0 Å². The first-order valence-corrected chi connectivity index (χ1v) is 10.7. The molecule has 10 nitrogen and oxygen atoms in total. The number of carbonyl (C=O) groups is 2. The number of aromatic nitrogens is 4. The summed E-state index contributed by atoms with van der Waals surface area (Å²) in [6.45, 7) is -1.25. The number of alkyl halides is 7. The SMILES string of the molecule is C[C@@](O)(C(=O)N1C[C@H](F)[C@H](NC(=O)c2cncc(-c3cc(C(F)(F)F)c4c(N)ncnn34)c2)C1)C(F)(F)F. The highest BCUT2D eigenvalue weighted by Gasteiger charge is 2.58. The van der Waals surface area contributed by atoms with Gasteiger partial charge in [-0.05, 0) is 19.1 Å². The molecule has 0 aliphatic carbocycles. The van der Waals surface area contributed by atoms with Crippen molar-refractivity contribution in [3.8, 4) is 11.3 Å². The third-order valence-electron chi connectivity index (χ3n) is 6.00. The van der Waals surface area contributed by atoms with E-state index in [2.05, 4.69) is 20.4 Å². The molecule has 1 aliphatic heterocycles. The van der Waals surface area contributed by atoms with Crippen molar-refractivity contribution in [3.63, 3.8) is 0 Å². The number of carbonyl (C=O) groups excluding carboxylic acids is 2. The van der Waals surface area contributed by atoms with Gasteiger partial charge in [-0.2, -0.15) is 31.4 Å². The molecule has 0 bridgehead atoms. The maximum absolute atomic E-state index is 14.5. The van der Waals surface area contributed by atoms with E-state index in [9.17, 15) is 45.4 Å². The highest BCUT2D eigenvalue weighted by Crippen LogP contribution is 2.38. The van der Waals surface area contributed by atoms with Gasteiger partial charge in [-0.1, -0.05) is 0 Å². The number of nitrogen functional groups attached to an aromatic ring is 1. The van der Waals surface area contributed by atoms with Crippen molar-refractivity contribution in [2.24, 2.45) is 0 Å². The molecule has 1 aliphatic rings. The molecule has 1 fully saturated rings. The Labute approximate surface area is 208 Å². The Morgan fingerprint density at radius 1 is 1.13 bits per heavy atom. The van der Waals surface area contributed by atoms with Gasteiger partial charge >= 0.3 is 12.4 Å². The summed E-state index contributed by atoms with van der Waals surface area (Å²) >= 11 is 0. The molecular formula is C21H18F7N7O3. The van der Waals surface area contributed by atoms with Crippen molar-refractivity contribution in [3.05, 3.63) is 42.0 Å². The highest BCUT2D eigenvalue weighted by molar-refractivity contribution is 5.95. The zero-order valence-corrected chi connectivity index (χ0v) is 19.2. The Balaban J connectivity index is 1.58. The second-order valence-corrected chi connectivity index (χ2v) is 8.69. The van der Waals surface area contributed by atoms with Crippen molar-refractivity contribution >= 4 is 23.1 Å². The van der Waals surface area contributed by atoms with Crippen LogP contribution in [0.25, 0.3) is 16.8 Å². The number of aliphatic hydroxyl groups is 1. The minimum atomic E-state index is -5.31. The number of fused-ring (bicyclic) bond motifs is 1. The number of likely N-dealkylation sites (tertiary alicyclic amines) is 1. The van der Waals surface area contributed by atoms with Crippen LogP contribution in [0.2, 0.25) is 0 Å². The Bertz CT molecular complexity index is 1400. The lowest BCUT2D eigenvalue weighted by Crippen LogP contribution is -2.56. The van der Waals surface area contributed by atoms with Crippen LogP contribution in [-0.4, -0.2) is 78.5 Å². The molecule has 4 heterocycles. The van der Waals surface area contributed by atoms with Crippen LogP contribution in [-0.2, 0) is 11.0 Å². The van der Waals surface area contributed by atoms with Crippen LogP contribution in [0.1, 0.15) is 22.8 Å². The Hall–Kier alpha value is -4.02. The second-order valence-electron chi connectivity index (χ2n) is 8.69. The molecule has 3 aromatic rings. The molecule has 0 unspecified atom stereocenters. The van der Waals surface area contributed by atoms with Crippen LogP contribution in [0, 0.1) is 0 Å². The summed E-state index contributed by atoms with van der Waals surface area (Å²) in [5.41, 5.74) is -0.158. The normalized spacial score (nSPS) is 20.0. The number of pyridine rings is 1. The van der Waals surface area contributed by atoms with E-state index < -0.39 is 72.0 Å². The van der Waals surface area contributed by atoms with Gasteiger partial charge in [-0.3, -0.25) is 14.6 Å². The second kappa shape index (κ2) is 9.07. The Kier molecular flexibility index (Phi) is 6.45. The monoisotopic (exact) mass is 549 g/mol. The average Bonchev–Trinajstić information content (AvgIpc) is 3.39. The van der Waals surface area contributed by atoms with E-state index in [-0.39, 0.29) is 23.7 Å². The predicted molar refractivity (Wildman–Crippen MR) is 115 cm³/mol. The van der Waals surface area contributed by atoms with Crippen LogP contribution < -0.4 is 11.1 Å². The number of nitrogens with two attached hydrogens (primary N) is 1. The zero-order chi connectivity index (χ0) is 28.2. The molecule has 3 aromatic heterocycles. The Morgan fingerprint density at radius 2 is 1.82 bits per heavy atom. The topological polar surface area (TPSA) is 139 Å². The van der Waals surface area contributed by atoms with Crippen molar-refractivity contribution in [2.45, 2.75) is 37.1 Å². The molecule has 0 aromatic carbocycles. The largest absolute Gasteiger partial charge is 0.426 e. The predicted octanol–water partition coefficient (Wildman–Crippen LogP) is 1.98. The number of halogens is 7. The van der Waals surface area contributed by atoms with Gasteiger partial charge in [0.15, 0.2) is 5.82 Å². The van der Waals surface area contributed by atoms with Crippen LogP contribution in [0.4, 0.5) is 36.6 Å². The minimum Gasteiger partial charge on any atom is -0.382 e. The van der Waals surface area contributed by atoms with Gasteiger partial charge in [0.05, 0.1) is 29.4 Å². The average molecular weight is 549 g/mol. The molecule has 3 atom stereocenters. The van der Waals surface area contributed by atoms with E-state index in [4.69, 9.17) is 5.73 Å². The van der Waals surface area contributed by atoms with Crippen LogP contribution >= 0.6 is 0 Å². The third-order valence-corrected chi connectivity index (χ3v) is 6.00. The van der Waals surface area contributed by atoms with Gasteiger partial charge in [-0.15, -0.1) is 0 Å². The minimum absolute atomic E-state index is 0.00231. The summed E-state index contributed by atoms with van der Waals surface area (Å²) in [5, 5.41) is 15.6. The van der Waals surface area contributed by atoms with Crippen molar-refractivity contribution in [1.29, 1.82) is 0 Å². The maximum Gasteiger partial charge on any atom is 0.426 e. The molecule has 4 rings (SSSR count). The Morgan fingerprint density at radius 3 is 2.45 bits per heavy atom. The number of anilines is 1. The van der Waals surface area contributed by atoms with Crippen LogP contribution in [0.3, 0.4) is 0 Å². The number of amides is 2. The number of hydrogen-bond donors (Lipinski definition) is 3. The number of hydrogen-bond acceptors (Lipinski definition) is 7. The fourth-order valence-corrected chi connectivity index (χ4v) is 3.94. The van der Waals surface area contributed by atoms with Gasteiger partial charge in [0, 0.05) is 24.5 Å². The van der Waals surface area contributed by atoms with E-state index in [1.165, 1.54) is 0 Å². The van der Waals surface area contributed by atoms with Gasteiger partial charge in [0.1, 0.15) is 18.0 Å². The first-order chi connectivity index (χ1) is 17.5. The van der Waals surface area contributed by atoms with Crippen LogP contribution in [0.15, 0.2) is 30.9 Å². The van der Waals surface area contributed by atoms with Gasteiger partial charge in [0.2, 0.25) is 5.60 Å². The molecule has 204 valence electrons. The summed E-state index contributed by atoms with van der Waals surface area (Å²) in [6.07, 6.45) is -8.99. The molecule has 38 heavy (non-hydrogen) atoms. The number of nitrogens with one attached hydrogen (secondary N) is 1. The summed E-state index contributed by atoms with van der Waals surface area (Å²) in [7, 11) is 0. The van der Waals surface area contributed by atoms with Crippen molar-refractivity contribution in [1.82, 2.24) is 29.8 Å². The summed E-state index contributed by atoms with van der Waals surface area (Å²) < 4.78 is 95.1. The molecule has 17 heteroatoms. The first kappa shape index (κ1) is 27.0. The number of rotatable bonds is 4. The summed E-state index contributed by atoms with van der Waals surface area (Å²) in [4.78, 5) is 32.7. The third kappa shape index (κ3) is 4.68. The molecule has 0 spiro atoms. The first-order valence-electron chi connectivity index (χ1n) is 10.7. The molecule has 0 saturated carbocycles. The van der Waals surface area contributed by atoms with Crippen molar-refractivity contribution < 1.29 is 45.4 Å². The standard InChI is InChI=1S/C21H18F7N7O3/c1-19(38,21(26,27)28)18(37)34-6-12(22)13(7-34)33-17(36)10-2-9(4-30-5-10)14-3-11(20(23,24)25)15-16(29)31-8-32-35(14)15/h2-5,8,12-13,38H,6-7H2,1H3,(H,33,36)(H2,29,31,32)/t12-,13+,19+/m0/s1. The maximum atomic E-state index is 14.5. The molecular weight excluding hydrogens is 531 g/mol. The molecule has 1 saturated heterocycles. The molecule has 2 amide bonds. The smallest absolute Gasteiger partial charge is 0.382 e. The van der Waals surface area contributed by atoms with Crippen molar-refractivity contribution in [2.75, 3.05) is 18.8 Å². The van der Waals surface area contributed by atoms with Gasteiger partial charge in [0.25, 0.3) is 11.8 Å². The van der Waals surface area contributed by atoms with E-state index in [0.717, 1.165) is 35.4 Å². The quantitative estimate of drug-likeness (QED) is 0.423. The molecule has 4 N–H and O–H groups in total. The zero-order valence-electron chi connectivity index (χ0n) is 19.2. The van der Waals surface area contributed by atoms with Gasteiger partial charge < -0.3 is 21.1 Å². The van der Waals surface area contributed by atoms with E-state index >= 15 is 0 Å². The lowest BCUT2D eigenvalue weighted by molar-refractivity contribution is -0.249. The molecule has 0 radical (unpaired) electrons.